The average molecular weight is 417 g/mol. The second-order valence-electron chi connectivity index (χ2n) is 11.8. The van der Waals surface area contributed by atoms with Crippen LogP contribution in [0, 0.1) is 35.0 Å². The van der Waals surface area contributed by atoms with Gasteiger partial charge in [-0.3, -0.25) is 0 Å². The van der Waals surface area contributed by atoms with Crippen LogP contribution in [0.15, 0.2) is 30.5 Å². The van der Waals surface area contributed by atoms with Gasteiger partial charge in [-0.15, -0.1) is 0 Å². The van der Waals surface area contributed by atoms with Crippen molar-refractivity contribution in [3.8, 4) is 0 Å². The fourth-order valence-corrected chi connectivity index (χ4v) is 8.72. The first-order valence-electron chi connectivity index (χ1n) is 12.9. The number of hydrogen-bond acceptors (Lipinski definition) is 2. The van der Waals surface area contributed by atoms with E-state index in [1.54, 1.807) is 5.57 Å². The third kappa shape index (κ3) is 3.16. The number of allylic oxidation sites excluding steroid dienone is 2. The Morgan fingerprint density at radius 1 is 1.00 bits per heavy atom. The van der Waals surface area contributed by atoms with Gasteiger partial charge in [0.2, 0.25) is 0 Å². The molecule has 1 heterocycles. The second-order valence-corrected chi connectivity index (χ2v) is 11.8. The van der Waals surface area contributed by atoms with Crippen molar-refractivity contribution in [1.82, 2.24) is 10.2 Å². The van der Waals surface area contributed by atoms with Crippen LogP contribution in [0.1, 0.15) is 75.0 Å². The molecule has 1 unspecified atom stereocenters. The van der Waals surface area contributed by atoms with Gasteiger partial charge in [0, 0.05) is 12.6 Å². The summed E-state index contributed by atoms with van der Waals surface area (Å²) in [6.07, 6.45) is 18.5. The van der Waals surface area contributed by atoms with E-state index in [2.05, 4.69) is 67.8 Å². The zero-order chi connectivity index (χ0) is 21.2. The van der Waals surface area contributed by atoms with Crippen LogP contribution >= 0.6 is 0 Å². The zero-order valence-electron chi connectivity index (χ0n) is 19.7. The third-order valence-electron chi connectivity index (χ3n) is 10.4. The Kier molecular flexibility index (Phi) is 4.87. The first-order valence-corrected chi connectivity index (χ1v) is 12.9. The number of fused-ring (bicyclic) bond motifs is 6. The normalized spacial score (nSPS) is 41.0. The zero-order valence-corrected chi connectivity index (χ0v) is 19.7. The van der Waals surface area contributed by atoms with Gasteiger partial charge in [-0.1, -0.05) is 25.1 Å². The molecule has 166 valence electrons. The molecule has 0 aromatic heterocycles. The lowest BCUT2D eigenvalue weighted by atomic mass is 9.49. The quantitative estimate of drug-likeness (QED) is 0.605. The Hall–Kier alpha value is -1.54. The van der Waals surface area contributed by atoms with E-state index in [9.17, 15) is 0 Å². The molecule has 2 heteroatoms. The molecule has 0 saturated heterocycles. The highest BCUT2D eigenvalue weighted by Gasteiger charge is 2.54. The number of benzene rings is 1. The third-order valence-corrected chi connectivity index (χ3v) is 10.4. The molecule has 0 amide bonds. The van der Waals surface area contributed by atoms with Crippen molar-refractivity contribution in [1.29, 1.82) is 0 Å². The van der Waals surface area contributed by atoms with E-state index < -0.39 is 0 Å². The van der Waals surface area contributed by atoms with Crippen LogP contribution in [0.3, 0.4) is 0 Å². The summed E-state index contributed by atoms with van der Waals surface area (Å²) in [7, 11) is 4.59. The minimum atomic E-state index is 0.390. The lowest BCUT2D eigenvalue weighted by molar-refractivity contribution is -0.0482. The number of nitrogens with one attached hydrogen (secondary N) is 1. The predicted molar refractivity (Wildman–Crippen MR) is 130 cm³/mol. The van der Waals surface area contributed by atoms with E-state index in [0.29, 0.717) is 5.41 Å². The fourth-order valence-electron chi connectivity index (χ4n) is 8.72. The van der Waals surface area contributed by atoms with Crippen molar-refractivity contribution in [2.24, 2.45) is 35.0 Å². The smallest absolute Gasteiger partial charge is 0.0401 e. The molecule has 0 bridgehead atoms. The molecule has 2 nitrogen and oxygen atoms in total. The van der Waals surface area contributed by atoms with Crippen molar-refractivity contribution < 1.29 is 0 Å². The monoisotopic (exact) mass is 416 g/mol. The van der Waals surface area contributed by atoms with Crippen molar-refractivity contribution in [3.63, 3.8) is 0 Å². The molecule has 5 aliphatic rings. The molecule has 7 atom stereocenters. The molecule has 1 aromatic carbocycles. The van der Waals surface area contributed by atoms with Crippen LogP contribution in [0.4, 0.5) is 0 Å². The molecule has 4 aliphatic carbocycles. The SMILES string of the molecule is CN(C)[C@H]1CCC2[C@@H](CC[C@@H]3[C@@H]2CC[C@]2(C)C(c4ccc5c(c4)CNC=C5)=CC[C@@H]32)C1. The molecule has 6 rings (SSSR count). The Labute approximate surface area is 189 Å². The van der Waals surface area contributed by atoms with E-state index in [1.165, 1.54) is 68.1 Å². The summed E-state index contributed by atoms with van der Waals surface area (Å²) >= 11 is 0. The highest BCUT2D eigenvalue weighted by Crippen LogP contribution is 2.64. The Morgan fingerprint density at radius 3 is 2.74 bits per heavy atom. The first-order chi connectivity index (χ1) is 15.0. The van der Waals surface area contributed by atoms with Crippen LogP contribution in [-0.4, -0.2) is 25.0 Å². The molecule has 0 radical (unpaired) electrons. The van der Waals surface area contributed by atoms with Gasteiger partial charge in [-0.25, -0.2) is 0 Å². The minimum Gasteiger partial charge on any atom is -0.387 e. The number of hydrogen-bond donors (Lipinski definition) is 1. The molecular formula is C29H40N2. The maximum absolute atomic E-state index is 3.40. The lowest BCUT2D eigenvalue weighted by Gasteiger charge is -2.56. The van der Waals surface area contributed by atoms with Gasteiger partial charge in [0.1, 0.15) is 0 Å². The van der Waals surface area contributed by atoms with E-state index in [1.807, 2.05) is 0 Å². The second kappa shape index (κ2) is 7.51. The van der Waals surface area contributed by atoms with E-state index in [0.717, 1.165) is 42.2 Å². The standard InChI is InChI=1S/C29H40N2/c1-29-14-12-25-24-9-7-23(31(2)3)17-20(24)6-8-26(25)28(29)11-10-27(29)21-5-4-19-13-15-30-18-22(19)16-21/h4-5,10,13,15-16,20,23-26,28,30H,6-9,11-12,14,17-18H2,1-3H3/t20-,23-,24?,25+,26+,28-,29+/m0/s1. The molecule has 1 aromatic rings. The van der Waals surface area contributed by atoms with Crippen LogP contribution in [-0.2, 0) is 6.54 Å². The summed E-state index contributed by atoms with van der Waals surface area (Å²) in [6, 6.07) is 8.07. The summed E-state index contributed by atoms with van der Waals surface area (Å²) in [6.45, 7) is 3.59. The largest absolute Gasteiger partial charge is 0.387 e. The molecule has 1 aliphatic heterocycles. The van der Waals surface area contributed by atoms with Crippen molar-refractivity contribution >= 4 is 11.6 Å². The number of rotatable bonds is 2. The summed E-state index contributed by atoms with van der Waals surface area (Å²) in [4.78, 5) is 2.50. The predicted octanol–water partition coefficient (Wildman–Crippen LogP) is 6.34. The summed E-state index contributed by atoms with van der Waals surface area (Å²) in [5.74, 6) is 4.87. The highest BCUT2D eigenvalue weighted by atomic mass is 15.1. The minimum absolute atomic E-state index is 0.390. The summed E-state index contributed by atoms with van der Waals surface area (Å²) in [5, 5.41) is 3.40. The van der Waals surface area contributed by atoms with Crippen LogP contribution < -0.4 is 5.32 Å². The maximum atomic E-state index is 3.40. The molecule has 1 N–H and O–H groups in total. The summed E-state index contributed by atoms with van der Waals surface area (Å²) in [5.41, 5.74) is 6.41. The van der Waals surface area contributed by atoms with Gasteiger partial charge in [-0.2, -0.15) is 0 Å². The Balaban J connectivity index is 1.23. The molecule has 0 spiro atoms. The van der Waals surface area contributed by atoms with Crippen molar-refractivity contribution in [2.45, 2.75) is 70.9 Å². The van der Waals surface area contributed by atoms with Gasteiger partial charge in [0.25, 0.3) is 0 Å². The van der Waals surface area contributed by atoms with Gasteiger partial charge in [0.05, 0.1) is 0 Å². The van der Waals surface area contributed by atoms with Crippen LogP contribution in [0.2, 0.25) is 0 Å². The molecule has 3 fully saturated rings. The van der Waals surface area contributed by atoms with Crippen molar-refractivity contribution in [2.75, 3.05) is 14.1 Å². The van der Waals surface area contributed by atoms with E-state index >= 15 is 0 Å². The van der Waals surface area contributed by atoms with Gasteiger partial charge in [0.15, 0.2) is 0 Å². The maximum Gasteiger partial charge on any atom is 0.0401 e. The van der Waals surface area contributed by atoms with Gasteiger partial charge < -0.3 is 10.2 Å². The lowest BCUT2D eigenvalue weighted by Crippen LogP contribution is -2.49. The van der Waals surface area contributed by atoms with Crippen molar-refractivity contribution in [3.05, 3.63) is 47.2 Å². The number of nitrogens with zero attached hydrogens (tertiary/aromatic N) is 1. The van der Waals surface area contributed by atoms with E-state index in [-0.39, 0.29) is 0 Å². The molecule has 3 saturated carbocycles. The highest BCUT2D eigenvalue weighted by molar-refractivity contribution is 5.75. The Bertz CT molecular complexity index is 911. The molecule has 31 heavy (non-hydrogen) atoms. The van der Waals surface area contributed by atoms with Gasteiger partial charge >= 0.3 is 0 Å². The first kappa shape index (κ1) is 20.1. The topological polar surface area (TPSA) is 15.3 Å². The van der Waals surface area contributed by atoms with Crippen LogP contribution in [0.25, 0.3) is 11.6 Å². The average Bonchev–Trinajstić information content (AvgIpc) is 3.15. The summed E-state index contributed by atoms with van der Waals surface area (Å²) < 4.78 is 0. The van der Waals surface area contributed by atoms with Crippen LogP contribution in [0.5, 0.6) is 0 Å². The Morgan fingerprint density at radius 2 is 1.87 bits per heavy atom. The fraction of sp³-hybridized carbons (Fsp3) is 0.655. The van der Waals surface area contributed by atoms with Gasteiger partial charge in [-0.05, 0) is 141 Å². The molecular weight excluding hydrogens is 376 g/mol. The van der Waals surface area contributed by atoms with E-state index in [4.69, 9.17) is 0 Å².